The van der Waals surface area contributed by atoms with Crippen molar-refractivity contribution < 1.29 is 0 Å². The molecule has 0 fully saturated rings. The molecule has 1 aromatic carbocycles. The van der Waals surface area contributed by atoms with Gasteiger partial charge in [0.05, 0.1) is 17.2 Å². The average Bonchev–Trinajstić information content (AvgIpc) is 2.96. The Hall–Kier alpha value is -2.14. The highest BCUT2D eigenvalue weighted by atomic mass is 32.1. The number of anilines is 1. The third-order valence-electron chi connectivity index (χ3n) is 2.64. The first-order valence-electron chi connectivity index (χ1n) is 5.61. The molecule has 2 aromatic heterocycles. The zero-order chi connectivity index (χ0) is 12.4. The highest BCUT2D eigenvalue weighted by Crippen LogP contribution is 2.14. The molecule has 2 N–H and O–H groups in total. The molecule has 5 heteroatoms. The second-order valence-corrected chi connectivity index (χ2v) is 4.89. The number of para-hydroxylation sites is 2. The van der Waals surface area contributed by atoms with E-state index >= 15 is 0 Å². The molecular weight excluding hydrogens is 244 g/mol. The summed E-state index contributed by atoms with van der Waals surface area (Å²) < 4.78 is 0. The smallest absolute Gasteiger partial charge is 0.222 e. The summed E-state index contributed by atoms with van der Waals surface area (Å²) in [6.45, 7) is 2.07. The summed E-state index contributed by atoms with van der Waals surface area (Å²) in [4.78, 5) is 8.69. The number of aromatic nitrogens is 2. The van der Waals surface area contributed by atoms with Crippen molar-refractivity contribution in [1.82, 2.24) is 9.97 Å². The minimum Gasteiger partial charge on any atom is -0.323 e. The van der Waals surface area contributed by atoms with Crippen LogP contribution >= 0.6 is 11.3 Å². The first-order valence-corrected chi connectivity index (χ1v) is 6.49. The molecule has 3 rings (SSSR count). The molecule has 90 valence electrons. The van der Waals surface area contributed by atoms with Crippen LogP contribution in [0.25, 0.3) is 11.0 Å². The monoisotopic (exact) mass is 256 g/mol. The van der Waals surface area contributed by atoms with Crippen LogP contribution in [0.5, 0.6) is 0 Å². The lowest BCUT2D eigenvalue weighted by Crippen LogP contribution is -1.91. The minimum absolute atomic E-state index is 0.654. The zero-order valence-electron chi connectivity index (χ0n) is 9.84. The van der Waals surface area contributed by atoms with Crippen molar-refractivity contribution in [3.05, 3.63) is 46.2 Å². The fourth-order valence-corrected chi connectivity index (χ4v) is 2.46. The van der Waals surface area contributed by atoms with Crippen LogP contribution in [-0.2, 0) is 0 Å². The maximum absolute atomic E-state index is 4.38. The van der Waals surface area contributed by atoms with Gasteiger partial charge in [-0.25, -0.2) is 10.4 Å². The molecule has 0 amide bonds. The number of aryl methyl sites for hydroxylation is 1. The number of nitrogens with one attached hydrogen (secondary N) is 2. The molecule has 0 aliphatic heterocycles. The molecule has 0 unspecified atom stereocenters. The number of hydrogen-bond donors (Lipinski definition) is 2. The van der Waals surface area contributed by atoms with Crippen molar-refractivity contribution in [1.29, 1.82) is 0 Å². The van der Waals surface area contributed by atoms with Crippen LogP contribution < -0.4 is 5.43 Å². The van der Waals surface area contributed by atoms with E-state index in [2.05, 4.69) is 38.9 Å². The lowest BCUT2D eigenvalue weighted by Gasteiger charge is -1.92. The van der Waals surface area contributed by atoms with Crippen LogP contribution in [-0.4, -0.2) is 16.2 Å². The quantitative estimate of drug-likeness (QED) is 0.557. The van der Waals surface area contributed by atoms with Gasteiger partial charge in [-0.3, -0.25) is 0 Å². The van der Waals surface area contributed by atoms with Gasteiger partial charge in [-0.2, -0.15) is 5.10 Å². The van der Waals surface area contributed by atoms with E-state index < -0.39 is 0 Å². The second kappa shape index (κ2) is 4.62. The number of H-pyrrole nitrogens is 1. The predicted octanol–water partition coefficient (Wildman–Crippen LogP) is 3.38. The maximum Gasteiger partial charge on any atom is 0.222 e. The van der Waals surface area contributed by atoms with E-state index in [4.69, 9.17) is 0 Å². The van der Waals surface area contributed by atoms with Gasteiger partial charge in [-0.15, -0.1) is 11.3 Å². The maximum atomic E-state index is 4.38. The van der Waals surface area contributed by atoms with Crippen molar-refractivity contribution in [3.8, 4) is 0 Å². The van der Waals surface area contributed by atoms with Gasteiger partial charge >= 0.3 is 0 Å². The number of hydrazone groups is 1. The molecule has 18 heavy (non-hydrogen) atoms. The van der Waals surface area contributed by atoms with Gasteiger partial charge in [0.2, 0.25) is 5.95 Å². The summed E-state index contributed by atoms with van der Waals surface area (Å²) in [5.74, 6) is 0.654. The average molecular weight is 256 g/mol. The van der Waals surface area contributed by atoms with Crippen LogP contribution in [0.4, 0.5) is 5.95 Å². The van der Waals surface area contributed by atoms with Crippen molar-refractivity contribution in [2.45, 2.75) is 6.92 Å². The van der Waals surface area contributed by atoms with E-state index in [1.807, 2.05) is 30.5 Å². The van der Waals surface area contributed by atoms with Gasteiger partial charge in [0, 0.05) is 4.88 Å². The highest BCUT2D eigenvalue weighted by molar-refractivity contribution is 7.11. The molecule has 0 aliphatic rings. The third-order valence-corrected chi connectivity index (χ3v) is 3.60. The number of rotatable bonds is 3. The van der Waals surface area contributed by atoms with E-state index in [0.29, 0.717) is 5.95 Å². The van der Waals surface area contributed by atoms with Gasteiger partial charge < -0.3 is 4.98 Å². The highest BCUT2D eigenvalue weighted by Gasteiger charge is 1.99. The Labute approximate surface area is 108 Å². The van der Waals surface area contributed by atoms with Gasteiger partial charge in [0.1, 0.15) is 0 Å². The van der Waals surface area contributed by atoms with Gasteiger partial charge in [0.15, 0.2) is 0 Å². The molecule has 3 aromatic rings. The first-order chi connectivity index (χ1) is 8.83. The van der Waals surface area contributed by atoms with Crippen LogP contribution in [0.1, 0.15) is 10.4 Å². The Morgan fingerprint density at radius 2 is 2.22 bits per heavy atom. The second-order valence-electron chi connectivity index (χ2n) is 3.94. The minimum atomic E-state index is 0.654. The zero-order valence-corrected chi connectivity index (χ0v) is 10.7. The fourth-order valence-electron chi connectivity index (χ4n) is 1.67. The SMILES string of the molecule is Cc1ccsc1/C=N/Nc1nc2ccccc2[nH]1. The van der Waals surface area contributed by atoms with Crippen molar-refractivity contribution in [2.75, 3.05) is 5.43 Å². The third kappa shape index (κ3) is 2.12. The number of thiophene rings is 1. The van der Waals surface area contributed by atoms with E-state index in [-0.39, 0.29) is 0 Å². The number of benzene rings is 1. The standard InChI is InChI=1S/C13H12N4S/c1-9-6-7-18-12(9)8-14-17-13-15-10-4-2-3-5-11(10)16-13/h2-8H,1H3,(H2,15,16,17)/b14-8+. The molecule has 0 saturated heterocycles. The Bertz CT molecular complexity index is 663. The van der Waals surface area contributed by atoms with E-state index in [1.165, 1.54) is 5.56 Å². The number of aromatic amines is 1. The van der Waals surface area contributed by atoms with E-state index in [0.717, 1.165) is 15.9 Å². The lowest BCUT2D eigenvalue weighted by molar-refractivity contribution is 1.22. The van der Waals surface area contributed by atoms with Crippen LogP contribution in [0.2, 0.25) is 0 Å². The summed E-state index contributed by atoms with van der Waals surface area (Å²) in [6.07, 6.45) is 1.81. The van der Waals surface area contributed by atoms with Crippen molar-refractivity contribution in [3.63, 3.8) is 0 Å². The largest absolute Gasteiger partial charge is 0.323 e. The van der Waals surface area contributed by atoms with Crippen molar-refractivity contribution >= 4 is 34.5 Å². The van der Waals surface area contributed by atoms with Crippen molar-refractivity contribution in [2.24, 2.45) is 5.10 Å². The molecule has 0 aliphatic carbocycles. The number of imidazole rings is 1. The Morgan fingerprint density at radius 1 is 1.33 bits per heavy atom. The molecule has 2 heterocycles. The van der Waals surface area contributed by atoms with Gasteiger partial charge in [-0.05, 0) is 36.1 Å². The summed E-state index contributed by atoms with van der Waals surface area (Å²) in [5.41, 5.74) is 6.08. The van der Waals surface area contributed by atoms with Gasteiger partial charge in [0.25, 0.3) is 0 Å². The molecule has 0 saturated carbocycles. The summed E-state index contributed by atoms with van der Waals surface area (Å²) in [6, 6.07) is 9.96. The van der Waals surface area contributed by atoms with Gasteiger partial charge in [-0.1, -0.05) is 12.1 Å². The normalized spacial score (nSPS) is 11.4. The molecule has 4 nitrogen and oxygen atoms in total. The molecular formula is C13H12N4S. The topological polar surface area (TPSA) is 53.1 Å². The molecule has 0 bridgehead atoms. The van der Waals surface area contributed by atoms with Crippen LogP contribution in [0.15, 0.2) is 40.8 Å². The predicted molar refractivity (Wildman–Crippen MR) is 76.4 cm³/mol. The Kier molecular flexibility index (Phi) is 2.82. The fraction of sp³-hybridized carbons (Fsp3) is 0.0769. The molecule has 0 atom stereocenters. The molecule has 0 spiro atoms. The number of hydrogen-bond acceptors (Lipinski definition) is 4. The Balaban J connectivity index is 1.77. The van der Waals surface area contributed by atoms with E-state index in [1.54, 1.807) is 11.3 Å². The summed E-state index contributed by atoms with van der Waals surface area (Å²) in [5, 5.41) is 6.24. The lowest BCUT2D eigenvalue weighted by atomic mass is 10.3. The van der Waals surface area contributed by atoms with E-state index in [9.17, 15) is 0 Å². The number of nitrogens with zero attached hydrogens (tertiary/aromatic N) is 2. The summed E-state index contributed by atoms with van der Waals surface area (Å²) >= 11 is 1.67. The number of fused-ring (bicyclic) bond motifs is 1. The van der Waals surface area contributed by atoms with Crippen LogP contribution in [0, 0.1) is 6.92 Å². The van der Waals surface area contributed by atoms with Crippen LogP contribution in [0.3, 0.4) is 0 Å². The summed E-state index contributed by atoms with van der Waals surface area (Å²) in [7, 11) is 0. The Morgan fingerprint density at radius 3 is 3.00 bits per heavy atom. The molecule has 0 radical (unpaired) electrons. The first kappa shape index (κ1) is 11.0.